The highest BCUT2D eigenvalue weighted by Gasteiger charge is 2.14. The van der Waals surface area contributed by atoms with Gasteiger partial charge in [-0.25, -0.2) is 4.39 Å². The number of hydrogen-bond acceptors (Lipinski definition) is 3. The quantitative estimate of drug-likeness (QED) is 0.615. The topological polar surface area (TPSA) is 95.1 Å². The number of aromatic nitrogens is 2. The number of nitrogens with one attached hydrogen (secondary N) is 2. The van der Waals surface area contributed by atoms with Crippen molar-refractivity contribution in [2.75, 3.05) is 6.54 Å². The van der Waals surface area contributed by atoms with Gasteiger partial charge in [-0.05, 0) is 37.1 Å². The van der Waals surface area contributed by atoms with Crippen molar-refractivity contribution in [1.29, 1.82) is 0 Å². The van der Waals surface area contributed by atoms with Crippen LogP contribution in [0.25, 0.3) is 11.3 Å². The zero-order valence-corrected chi connectivity index (χ0v) is 13.2. The number of H-pyrrole nitrogens is 1. The maximum Gasteiger partial charge on any atom is 0.303 e. The first-order valence-electron chi connectivity index (χ1n) is 7.87. The summed E-state index contributed by atoms with van der Waals surface area (Å²) >= 11 is 0. The lowest BCUT2D eigenvalue weighted by Crippen LogP contribution is -2.24. The summed E-state index contributed by atoms with van der Waals surface area (Å²) in [5.74, 6) is -1.36. The molecule has 2 rings (SSSR count). The molecule has 0 aliphatic heterocycles. The molecule has 1 amide bonds. The van der Waals surface area contributed by atoms with Crippen LogP contribution in [0.2, 0.25) is 0 Å². The van der Waals surface area contributed by atoms with Crippen molar-refractivity contribution in [2.24, 2.45) is 0 Å². The molecule has 7 heteroatoms. The highest BCUT2D eigenvalue weighted by Crippen LogP contribution is 2.21. The van der Waals surface area contributed by atoms with Gasteiger partial charge in [-0.2, -0.15) is 5.10 Å². The zero-order chi connectivity index (χ0) is 17.4. The molecule has 0 bridgehead atoms. The van der Waals surface area contributed by atoms with Crippen molar-refractivity contribution in [1.82, 2.24) is 15.5 Å². The Labute approximate surface area is 139 Å². The summed E-state index contributed by atoms with van der Waals surface area (Å²) in [4.78, 5) is 22.6. The number of aromatic amines is 1. The number of carbonyl (C=O) groups excluding carboxylic acids is 1. The molecule has 2 aromatic rings. The van der Waals surface area contributed by atoms with Crippen LogP contribution in [-0.2, 0) is 4.79 Å². The van der Waals surface area contributed by atoms with Crippen LogP contribution in [0.3, 0.4) is 0 Å². The molecule has 0 radical (unpaired) electrons. The van der Waals surface area contributed by atoms with Crippen molar-refractivity contribution in [3.63, 3.8) is 0 Å². The third-order valence-electron chi connectivity index (χ3n) is 3.62. The Kier molecular flexibility index (Phi) is 6.48. The van der Waals surface area contributed by atoms with Gasteiger partial charge in [0.05, 0.1) is 17.5 Å². The largest absolute Gasteiger partial charge is 0.481 e. The summed E-state index contributed by atoms with van der Waals surface area (Å²) in [7, 11) is 0. The second kappa shape index (κ2) is 8.81. The first-order valence-corrected chi connectivity index (χ1v) is 7.87. The van der Waals surface area contributed by atoms with Crippen molar-refractivity contribution in [3.8, 4) is 11.3 Å². The number of carboxylic acid groups (broad SMARTS) is 1. The molecule has 0 atom stereocenters. The van der Waals surface area contributed by atoms with Crippen LogP contribution >= 0.6 is 0 Å². The number of nitrogens with zero attached hydrogens (tertiary/aromatic N) is 1. The Morgan fingerprint density at radius 2 is 1.83 bits per heavy atom. The molecule has 128 valence electrons. The molecule has 0 saturated carbocycles. The highest BCUT2D eigenvalue weighted by molar-refractivity contribution is 5.99. The van der Waals surface area contributed by atoms with Gasteiger partial charge < -0.3 is 10.4 Å². The number of benzene rings is 1. The molecule has 0 aliphatic carbocycles. The number of aliphatic carboxylic acids is 1. The fraction of sp³-hybridized carbons (Fsp3) is 0.353. The van der Waals surface area contributed by atoms with Crippen LogP contribution in [0.4, 0.5) is 4.39 Å². The minimum absolute atomic E-state index is 0.183. The number of carboxylic acids is 1. The van der Waals surface area contributed by atoms with E-state index in [1.165, 1.54) is 18.3 Å². The molecule has 24 heavy (non-hydrogen) atoms. The number of halogens is 1. The molecule has 1 aromatic heterocycles. The molecule has 0 spiro atoms. The summed E-state index contributed by atoms with van der Waals surface area (Å²) in [6, 6.07) is 5.83. The van der Waals surface area contributed by atoms with Gasteiger partial charge in [-0.3, -0.25) is 14.7 Å². The Morgan fingerprint density at radius 3 is 2.54 bits per heavy atom. The molecule has 1 aromatic carbocycles. The first kappa shape index (κ1) is 17.7. The van der Waals surface area contributed by atoms with Gasteiger partial charge in [0.25, 0.3) is 5.91 Å². The Hall–Kier alpha value is -2.70. The van der Waals surface area contributed by atoms with Gasteiger partial charge in [0, 0.05) is 18.5 Å². The van der Waals surface area contributed by atoms with Gasteiger partial charge >= 0.3 is 5.97 Å². The van der Waals surface area contributed by atoms with Gasteiger partial charge in [0.2, 0.25) is 0 Å². The van der Waals surface area contributed by atoms with E-state index in [4.69, 9.17) is 5.11 Å². The van der Waals surface area contributed by atoms with Crippen LogP contribution < -0.4 is 5.32 Å². The monoisotopic (exact) mass is 333 g/mol. The van der Waals surface area contributed by atoms with E-state index in [0.29, 0.717) is 29.8 Å². The highest BCUT2D eigenvalue weighted by atomic mass is 19.1. The van der Waals surface area contributed by atoms with E-state index in [-0.39, 0.29) is 18.1 Å². The minimum Gasteiger partial charge on any atom is -0.481 e. The van der Waals surface area contributed by atoms with Crippen LogP contribution in [0.5, 0.6) is 0 Å². The molecular formula is C17H20FN3O3. The number of amides is 1. The summed E-state index contributed by atoms with van der Waals surface area (Å²) < 4.78 is 13.0. The summed E-state index contributed by atoms with van der Waals surface area (Å²) in [5.41, 5.74) is 1.65. The lowest BCUT2D eigenvalue weighted by molar-refractivity contribution is -0.137. The molecule has 0 fully saturated rings. The zero-order valence-electron chi connectivity index (χ0n) is 13.2. The summed E-state index contributed by atoms with van der Waals surface area (Å²) in [6.45, 7) is 0.514. The maximum atomic E-state index is 13.0. The lowest BCUT2D eigenvalue weighted by Gasteiger charge is -2.06. The number of carbonyl (C=O) groups is 2. The molecule has 6 nitrogen and oxygen atoms in total. The molecule has 0 unspecified atom stereocenters. The van der Waals surface area contributed by atoms with Crippen LogP contribution in [-0.4, -0.2) is 33.7 Å². The van der Waals surface area contributed by atoms with E-state index >= 15 is 0 Å². The Bertz CT molecular complexity index is 683. The van der Waals surface area contributed by atoms with Crippen molar-refractivity contribution in [2.45, 2.75) is 32.1 Å². The fourth-order valence-corrected chi connectivity index (χ4v) is 2.35. The van der Waals surface area contributed by atoms with Gasteiger partial charge in [0.15, 0.2) is 0 Å². The van der Waals surface area contributed by atoms with Gasteiger partial charge in [0.1, 0.15) is 5.82 Å². The Morgan fingerprint density at radius 1 is 1.12 bits per heavy atom. The maximum absolute atomic E-state index is 13.0. The van der Waals surface area contributed by atoms with Gasteiger partial charge in [-0.1, -0.05) is 12.8 Å². The predicted octanol–water partition coefficient (Wildman–Crippen LogP) is 2.98. The van der Waals surface area contributed by atoms with Crippen molar-refractivity contribution in [3.05, 3.63) is 41.8 Å². The normalized spacial score (nSPS) is 10.5. The van der Waals surface area contributed by atoms with E-state index in [1.54, 1.807) is 12.1 Å². The van der Waals surface area contributed by atoms with Crippen LogP contribution in [0.15, 0.2) is 30.5 Å². The number of unbranched alkanes of at least 4 members (excludes halogenated alkanes) is 3. The van der Waals surface area contributed by atoms with E-state index in [2.05, 4.69) is 15.5 Å². The van der Waals surface area contributed by atoms with Crippen LogP contribution in [0, 0.1) is 5.82 Å². The van der Waals surface area contributed by atoms with E-state index in [0.717, 1.165) is 19.3 Å². The summed E-state index contributed by atoms with van der Waals surface area (Å²) in [6.07, 6.45) is 4.76. The predicted molar refractivity (Wildman–Crippen MR) is 87.0 cm³/mol. The fourth-order valence-electron chi connectivity index (χ4n) is 2.35. The molecule has 3 N–H and O–H groups in total. The lowest BCUT2D eigenvalue weighted by atomic mass is 10.1. The van der Waals surface area contributed by atoms with E-state index < -0.39 is 5.97 Å². The average Bonchev–Trinajstić information content (AvgIpc) is 3.04. The third kappa shape index (κ3) is 5.19. The Balaban J connectivity index is 1.80. The van der Waals surface area contributed by atoms with Crippen molar-refractivity contribution < 1.29 is 19.1 Å². The van der Waals surface area contributed by atoms with Gasteiger partial charge in [-0.15, -0.1) is 0 Å². The minimum atomic E-state index is -0.781. The second-order valence-electron chi connectivity index (χ2n) is 5.48. The van der Waals surface area contributed by atoms with Crippen LogP contribution in [0.1, 0.15) is 42.5 Å². The van der Waals surface area contributed by atoms with E-state index in [1.807, 2.05) is 0 Å². The summed E-state index contributed by atoms with van der Waals surface area (Å²) in [5, 5.41) is 18.0. The number of rotatable bonds is 9. The average molecular weight is 333 g/mol. The van der Waals surface area contributed by atoms with E-state index in [9.17, 15) is 14.0 Å². The third-order valence-corrected chi connectivity index (χ3v) is 3.62. The SMILES string of the molecule is O=C(O)CCCCCCNC(=O)c1cn[nH]c1-c1ccc(F)cc1. The molecule has 1 heterocycles. The van der Waals surface area contributed by atoms with Crippen molar-refractivity contribution >= 4 is 11.9 Å². The standard InChI is InChI=1S/C17H20FN3O3/c18-13-8-6-12(7-9-13)16-14(11-20-21-16)17(24)19-10-4-2-1-3-5-15(22)23/h6-9,11H,1-5,10H2,(H,19,24)(H,20,21)(H,22,23). The number of hydrogen-bond donors (Lipinski definition) is 3. The first-order chi connectivity index (χ1) is 11.6. The molecular weight excluding hydrogens is 313 g/mol. The molecule has 0 saturated heterocycles. The molecule has 0 aliphatic rings. The smallest absolute Gasteiger partial charge is 0.303 e. The second-order valence-corrected chi connectivity index (χ2v) is 5.48.